The van der Waals surface area contributed by atoms with E-state index in [0.29, 0.717) is 17.5 Å². The summed E-state index contributed by atoms with van der Waals surface area (Å²) < 4.78 is 10.8. The molecule has 112 valence electrons. The Morgan fingerprint density at radius 2 is 2.20 bits per heavy atom. The molecule has 3 N–H and O–H groups in total. The topological polar surface area (TPSA) is 62.8 Å². The summed E-state index contributed by atoms with van der Waals surface area (Å²) in [6.45, 7) is 2.43. The summed E-state index contributed by atoms with van der Waals surface area (Å²) in [6.07, 6.45) is 3.49. The molecule has 1 saturated heterocycles. The Bertz CT molecular complexity index is 404. The molecule has 1 atom stereocenters. The molecular formula is C15H24N2O3. The van der Waals surface area contributed by atoms with Crippen LogP contribution in [0.5, 0.6) is 11.5 Å². The first-order chi connectivity index (χ1) is 9.83. The van der Waals surface area contributed by atoms with Gasteiger partial charge in [0.25, 0.3) is 0 Å². The Kier molecular flexibility index (Phi) is 5.95. The van der Waals surface area contributed by atoms with Gasteiger partial charge in [0.15, 0.2) is 11.5 Å². The minimum atomic E-state index is -0.00486. The molecule has 2 rings (SSSR count). The van der Waals surface area contributed by atoms with Crippen LogP contribution in [-0.2, 0) is 0 Å². The zero-order chi connectivity index (χ0) is 14.2. The summed E-state index contributed by atoms with van der Waals surface area (Å²) in [6, 6.07) is 6.32. The lowest BCUT2D eigenvalue weighted by molar-refractivity contribution is 0.196. The molecule has 0 bridgehead atoms. The zero-order valence-electron chi connectivity index (χ0n) is 12.0. The number of hydrogen-bond acceptors (Lipinski definition) is 5. The van der Waals surface area contributed by atoms with Crippen LogP contribution < -0.4 is 20.1 Å². The van der Waals surface area contributed by atoms with Crippen LogP contribution in [0, 0.1) is 0 Å². The second kappa shape index (κ2) is 7.97. The summed E-state index contributed by atoms with van der Waals surface area (Å²) in [5.74, 6) is 1.35. The maximum atomic E-state index is 8.86. The monoisotopic (exact) mass is 280 g/mol. The highest BCUT2D eigenvalue weighted by Crippen LogP contribution is 2.30. The molecule has 1 aromatic rings. The lowest BCUT2D eigenvalue weighted by Crippen LogP contribution is -2.21. The molecule has 0 spiro atoms. The van der Waals surface area contributed by atoms with E-state index < -0.39 is 0 Å². The van der Waals surface area contributed by atoms with Crippen LogP contribution in [0.15, 0.2) is 18.2 Å². The van der Waals surface area contributed by atoms with Crippen LogP contribution in [0.3, 0.4) is 0 Å². The Balaban J connectivity index is 2.03. The number of ether oxygens (including phenoxy) is 2. The van der Waals surface area contributed by atoms with Gasteiger partial charge in [-0.3, -0.25) is 0 Å². The molecule has 5 nitrogen and oxygen atoms in total. The van der Waals surface area contributed by atoms with Crippen LogP contribution in [-0.4, -0.2) is 44.6 Å². The van der Waals surface area contributed by atoms with E-state index in [-0.39, 0.29) is 13.2 Å². The Morgan fingerprint density at radius 3 is 3.00 bits per heavy atom. The molecule has 1 aromatic carbocycles. The largest absolute Gasteiger partial charge is 0.493 e. The van der Waals surface area contributed by atoms with E-state index in [9.17, 15) is 0 Å². The molecule has 0 saturated carbocycles. The molecule has 20 heavy (non-hydrogen) atoms. The number of methoxy groups -OCH3 is 1. The Hall–Kier alpha value is -1.46. The third-order valence-corrected chi connectivity index (χ3v) is 3.46. The SMILES string of the molecule is COc1ccc(NC2CCCNCC2)cc1OCCO. The van der Waals surface area contributed by atoms with Gasteiger partial charge in [-0.25, -0.2) is 0 Å². The number of anilines is 1. The quantitative estimate of drug-likeness (QED) is 0.739. The first-order valence-corrected chi connectivity index (χ1v) is 7.22. The fourth-order valence-electron chi connectivity index (χ4n) is 2.43. The van der Waals surface area contributed by atoms with Gasteiger partial charge in [0.2, 0.25) is 0 Å². The maximum Gasteiger partial charge on any atom is 0.163 e. The van der Waals surface area contributed by atoms with Gasteiger partial charge in [-0.15, -0.1) is 0 Å². The first-order valence-electron chi connectivity index (χ1n) is 7.22. The van der Waals surface area contributed by atoms with Crippen molar-refractivity contribution >= 4 is 5.69 Å². The van der Waals surface area contributed by atoms with Crippen molar-refractivity contribution in [2.75, 3.05) is 38.7 Å². The maximum absolute atomic E-state index is 8.86. The fourth-order valence-corrected chi connectivity index (χ4v) is 2.43. The van der Waals surface area contributed by atoms with Crippen molar-refractivity contribution < 1.29 is 14.6 Å². The van der Waals surface area contributed by atoms with E-state index in [2.05, 4.69) is 10.6 Å². The molecule has 5 heteroatoms. The van der Waals surface area contributed by atoms with Gasteiger partial charge in [-0.2, -0.15) is 0 Å². The van der Waals surface area contributed by atoms with Gasteiger partial charge in [-0.05, 0) is 44.5 Å². The van der Waals surface area contributed by atoms with Crippen molar-refractivity contribution in [3.05, 3.63) is 18.2 Å². The molecule has 0 aromatic heterocycles. The Morgan fingerprint density at radius 1 is 1.30 bits per heavy atom. The molecule has 1 unspecified atom stereocenters. The van der Waals surface area contributed by atoms with E-state index in [4.69, 9.17) is 14.6 Å². The van der Waals surface area contributed by atoms with Crippen LogP contribution in [0.2, 0.25) is 0 Å². The summed E-state index contributed by atoms with van der Waals surface area (Å²) in [5.41, 5.74) is 1.03. The van der Waals surface area contributed by atoms with E-state index in [1.54, 1.807) is 7.11 Å². The second-order valence-electron chi connectivity index (χ2n) is 4.96. The number of rotatable bonds is 6. The number of nitrogens with one attached hydrogen (secondary N) is 2. The lowest BCUT2D eigenvalue weighted by Gasteiger charge is -2.19. The molecule has 1 fully saturated rings. The minimum absolute atomic E-state index is 0.00486. The summed E-state index contributed by atoms with van der Waals surface area (Å²) >= 11 is 0. The summed E-state index contributed by atoms with van der Waals surface area (Å²) in [5, 5.41) is 15.8. The molecule has 1 heterocycles. The van der Waals surface area contributed by atoms with Gasteiger partial charge in [-0.1, -0.05) is 0 Å². The van der Waals surface area contributed by atoms with Crippen molar-refractivity contribution in [2.45, 2.75) is 25.3 Å². The van der Waals surface area contributed by atoms with Gasteiger partial charge in [0, 0.05) is 17.8 Å². The molecule has 1 aliphatic heterocycles. The number of benzene rings is 1. The predicted molar refractivity (Wildman–Crippen MR) is 79.7 cm³/mol. The van der Waals surface area contributed by atoms with Crippen molar-refractivity contribution in [1.82, 2.24) is 5.32 Å². The van der Waals surface area contributed by atoms with E-state index in [1.807, 2.05) is 18.2 Å². The average Bonchev–Trinajstić information content (AvgIpc) is 2.74. The number of aliphatic hydroxyl groups excluding tert-OH is 1. The van der Waals surface area contributed by atoms with Gasteiger partial charge in [0.1, 0.15) is 6.61 Å². The van der Waals surface area contributed by atoms with Crippen molar-refractivity contribution in [2.24, 2.45) is 0 Å². The van der Waals surface area contributed by atoms with Crippen LogP contribution >= 0.6 is 0 Å². The molecule has 0 aliphatic carbocycles. The molecule has 1 aliphatic rings. The zero-order valence-corrected chi connectivity index (χ0v) is 12.0. The van der Waals surface area contributed by atoms with Crippen molar-refractivity contribution in [1.29, 1.82) is 0 Å². The van der Waals surface area contributed by atoms with E-state index in [1.165, 1.54) is 12.8 Å². The molecule has 0 radical (unpaired) electrons. The fraction of sp³-hybridized carbons (Fsp3) is 0.600. The van der Waals surface area contributed by atoms with Crippen LogP contribution in [0.4, 0.5) is 5.69 Å². The third-order valence-electron chi connectivity index (χ3n) is 3.46. The number of hydrogen-bond donors (Lipinski definition) is 3. The first kappa shape index (κ1) is 14.9. The third kappa shape index (κ3) is 4.28. The van der Waals surface area contributed by atoms with E-state index in [0.717, 1.165) is 25.2 Å². The highest BCUT2D eigenvalue weighted by atomic mass is 16.5. The van der Waals surface area contributed by atoms with Gasteiger partial charge >= 0.3 is 0 Å². The smallest absolute Gasteiger partial charge is 0.163 e. The summed E-state index contributed by atoms with van der Waals surface area (Å²) in [4.78, 5) is 0. The Labute approximate surface area is 120 Å². The lowest BCUT2D eigenvalue weighted by atomic mass is 10.1. The predicted octanol–water partition coefficient (Wildman–Crippen LogP) is 1.62. The minimum Gasteiger partial charge on any atom is -0.493 e. The van der Waals surface area contributed by atoms with E-state index >= 15 is 0 Å². The average molecular weight is 280 g/mol. The van der Waals surface area contributed by atoms with Gasteiger partial charge in [0.05, 0.1) is 13.7 Å². The molecule has 0 amide bonds. The van der Waals surface area contributed by atoms with Crippen LogP contribution in [0.1, 0.15) is 19.3 Å². The van der Waals surface area contributed by atoms with Crippen LogP contribution in [0.25, 0.3) is 0 Å². The van der Waals surface area contributed by atoms with Crippen molar-refractivity contribution in [3.63, 3.8) is 0 Å². The highest BCUT2D eigenvalue weighted by Gasteiger charge is 2.13. The van der Waals surface area contributed by atoms with Crippen molar-refractivity contribution in [3.8, 4) is 11.5 Å². The highest BCUT2D eigenvalue weighted by molar-refractivity contribution is 5.55. The molecular weight excluding hydrogens is 256 g/mol. The standard InChI is InChI=1S/C15H24N2O3/c1-19-14-5-4-13(11-15(14)20-10-9-18)17-12-3-2-7-16-8-6-12/h4-5,11-12,16-18H,2-3,6-10H2,1H3. The number of aliphatic hydroxyl groups is 1. The normalized spacial score (nSPS) is 19.2. The second-order valence-corrected chi connectivity index (χ2v) is 4.96. The summed E-state index contributed by atoms with van der Waals surface area (Å²) in [7, 11) is 1.62. The van der Waals surface area contributed by atoms with Gasteiger partial charge < -0.3 is 25.2 Å².